The fourth-order valence-corrected chi connectivity index (χ4v) is 4.28. The molecule has 3 aromatic carbocycles. The number of aromatic hydroxyl groups is 2. The van der Waals surface area contributed by atoms with Crippen LogP contribution in [-0.4, -0.2) is 24.9 Å². The average Bonchev–Trinajstić information content (AvgIpc) is 2.79. The molecule has 3 N–H and O–H groups in total. The van der Waals surface area contributed by atoms with Gasteiger partial charge in [0.2, 0.25) is 10.0 Å². The number of phenols is 2. The lowest BCUT2D eigenvalue weighted by molar-refractivity contribution is 0.403. The molecule has 29 heavy (non-hydrogen) atoms. The number of hydrogen-bond donors (Lipinski definition) is 3. The van der Waals surface area contributed by atoms with E-state index in [1.165, 1.54) is 5.56 Å². The van der Waals surface area contributed by atoms with Crippen LogP contribution in [0, 0.1) is 0 Å². The molecule has 0 atom stereocenters. The van der Waals surface area contributed by atoms with E-state index in [2.05, 4.69) is 10.8 Å². The first-order chi connectivity index (χ1) is 13.8. The largest absolute Gasteiger partial charge is 0.504 e. The third-order valence-electron chi connectivity index (χ3n) is 4.96. The molecule has 0 unspecified atom stereocenters. The van der Waals surface area contributed by atoms with Gasteiger partial charge < -0.3 is 10.2 Å². The Hall–Kier alpha value is -3.25. The number of anilines is 1. The Morgan fingerprint density at radius 2 is 1.59 bits per heavy atom. The number of benzene rings is 3. The smallest absolute Gasteiger partial charge is 0.229 e. The van der Waals surface area contributed by atoms with E-state index in [0.29, 0.717) is 5.69 Å². The molecule has 0 aromatic heterocycles. The van der Waals surface area contributed by atoms with E-state index in [0.717, 1.165) is 46.9 Å². The monoisotopic (exact) mass is 407 g/mol. The molecule has 0 heterocycles. The van der Waals surface area contributed by atoms with Gasteiger partial charge in [-0.2, -0.15) is 0 Å². The van der Waals surface area contributed by atoms with Gasteiger partial charge >= 0.3 is 0 Å². The first-order valence-corrected chi connectivity index (χ1v) is 11.1. The van der Waals surface area contributed by atoms with Gasteiger partial charge in [0.1, 0.15) is 0 Å². The highest BCUT2D eigenvalue weighted by atomic mass is 32.2. The van der Waals surface area contributed by atoms with Crippen molar-refractivity contribution < 1.29 is 18.6 Å². The zero-order valence-electron chi connectivity index (χ0n) is 15.9. The molecular formula is C23H21NO4S. The fourth-order valence-electron chi connectivity index (χ4n) is 3.72. The van der Waals surface area contributed by atoms with Crippen molar-refractivity contribution in [1.82, 2.24) is 0 Å². The maximum atomic E-state index is 11.6. The topological polar surface area (TPSA) is 86.6 Å². The summed E-state index contributed by atoms with van der Waals surface area (Å²) in [4.78, 5) is 0. The molecular weight excluding hydrogens is 386 g/mol. The van der Waals surface area contributed by atoms with Crippen LogP contribution in [0.1, 0.15) is 27.8 Å². The Kier molecular flexibility index (Phi) is 4.80. The van der Waals surface area contributed by atoms with Crippen LogP contribution in [0.3, 0.4) is 0 Å². The zero-order valence-corrected chi connectivity index (χ0v) is 16.7. The Morgan fingerprint density at radius 3 is 2.38 bits per heavy atom. The van der Waals surface area contributed by atoms with Crippen molar-refractivity contribution in [1.29, 1.82) is 0 Å². The van der Waals surface area contributed by atoms with Crippen molar-refractivity contribution in [2.24, 2.45) is 0 Å². The first-order valence-electron chi connectivity index (χ1n) is 9.23. The number of rotatable bonds is 3. The molecule has 0 saturated carbocycles. The fraction of sp³-hybridized carbons (Fsp3) is 0.130. The van der Waals surface area contributed by atoms with Crippen LogP contribution >= 0.6 is 0 Å². The van der Waals surface area contributed by atoms with E-state index in [1.807, 2.05) is 30.3 Å². The van der Waals surface area contributed by atoms with Crippen molar-refractivity contribution in [3.05, 3.63) is 88.5 Å². The molecule has 0 bridgehead atoms. The summed E-state index contributed by atoms with van der Waals surface area (Å²) in [6.07, 6.45) is 4.66. The number of hydrogen-bond acceptors (Lipinski definition) is 4. The molecule has 0 spiro atoms. The molecule has 1 aliphatic rings. The maximum Gasteiger partial charge on any atom is 0.229 e. The van der Waals surface area contributed by atoms with E-state index in [4.69, 9.17) is 0 Å². The highest BCUT2D eigenvalue weighted by Crippen LogP contribution is 2.39. The second-order valence-electron chi connectivity index (χ2n) is 7.21. The predicted octanol–water partition coefficient (Wildman–Crippen LogP) is 4.16. The second-order valence-corrected chi connectivity index (χ2v) is 8.96. The summed E-state index contributed by atoms with van der Waals surface area (Å²) in [5, 5.41) is 20.1. The number of sulfonamides is 1. The summed E-state index contributed by atoms with van der Waals surface area (Å²) >= 11 is 0. The molecule has 3 aromatic rings. The van der Waals surface area contributed by atoms with Crippen LogP contribution in [0.15, 0.2) is 60.7 Å². The van der Waals surface area contributed by atoms with Gasteiger partial charge in [0.05, 0.1) is 6.26 Å². The molecule has 0 amide bonds. The van der Waals surface area contributed by atoms with E-state index < -0.39 is 10.0 Å². The van der Waals surface area contributed by atoms with Crippen molar-refractivity contribution >= 4 is 27.4 Å². The molecule has 6 heteroatoms. The SMILES string of the molecule is CS(=O)(=O)Nc1cccc(C=C2c3ccccc3CCc3cc(O)c(O)cc32)c1. The van der Waals surface area contributed by atoms with E-state index in [9.17, 15) is 18.6 Å². The van der Waals surface area contributed by atoms with Crippen LogP contribution in [-0.2, 0) is 22.9 Å². The first kappa shape index (κ1) is 19.1. The molecule has 0 radical (unpaired) electrons. The van der Waals surface area contributed by atoms with Gasteiger partial charge in [-0.05, 0) is 76.6 Å². The predicted molar refractivity (Wildman–Crippen MR) is 116 cm³/mol. The molecule has 1 aliphatic carbocycles. The third-order valence-corrected chi connectivity index (χ3v) is 5.57. The second kappa shape index (κ2) is 7.29. The van der Waals surface area contributed by atoms with Crippen molar-refractivity contribution in [2.45, 2.75) is 12.8 Å². The van der Waals surface area contributed by atoms with Gasteiger partial charge in [-0.3, -0.25) is 4.72 Å². The number of nitrogens with one attached hydrogen (secondary N) is 1. The Bertz CT molecular complexity index is 1230. The van der Waals surface area contributed by atoms with Crippen LogP contribution < -0.4 is 4.72 Å². The van der Waals surface area contributed by atoms with Gasteiger partial charge in [-0.15, -0.1) is 0 Å². The molecule has 5 nitrogen and oxygen atoms in total. The van der Waals surface area contributed by atoms with Gasteiger partial charge in [-0.25, -0.2) is 8.42 Å². The summed E-state index contributed by atoms with van der Waals surface area (Å²) in [5.74, 6) is -0.296. The molecule has 148 valence electrons. The molecule has 4 rings (SSSR count). The number of fused-ring (bicyclic) bond motifs is 2. The number of phenolic OH excluding ortho intramolecular Hbond substituents is 2. The van der Waals surface area contributed by atoms with E-state index in [1.54, 1.807) is 30.3 Å². The minimum Gasteiger partial charge on any atom is -0.504 e. The van der Waals surface area contributed by atoms with Gasteiger partial charge in [0.25, 0.3) is 0 Å². The maximum absolute atomic E-state index is 11.6. The van der Waals surface area contributed by atoms with E-state index >= 15 is 0 Å². The van der Waals surface area contributed by atoms with Crippen molar-refractivity contribution in [2.75, 3.05) is 11.0 Å². The van der Waals surface area contributed by atoms with E-state index in [-0.39, 0.29) is 11.5 Å². The molecule has 0 saturated heterocycles. The lowest BCUT2D eigenvalue weighted by Crippen LogP contribution is -2.09. The Balaban J connectivity index is 1.91. The quantitative estimate of drug-likeness (QED) is 0.569. The van der Waals surface area contributed by atoms with Crippen LogP contribution in [0.25, 0.3) is 11.6 Å². The van der Waals surface area contributed by atoms with Crippen LogP contribution in [0.2, 0.25) is 0 Å². The van der Waals surface area contributed by atoms with Crippen LogP contribution in [0.5, 0.6) is 11.5 Å². The highest BCUT2D eigenvalue weighted by Gasteiger charge is 2.20. The van der Waals surface area contributed by atoms with Crippen LogP contribution in [0.4, 0.5) is 5.69 Å². The molecule has 0 aliphatic heterocycles. The summed E-state index contributed by atoms with van der Waals surface area (Å²) < 4.78 is 25.6. The molecule has 0 fully saturated rings. The standard InChI is InChI=1S/C23H21NO4S/c1-29(27,28)24-18-7-4-5-15(11-18)12-21-19-8-3-2-6-16(19)9-10-17-13-22(25)23(26)14-20(17)21/h2-8,11-14,24-26H,9-10H2,1H3. The van der Waals surface area contributed by atoms with Crippen molar-refractivity contribution in [3.8, 4) is 11.5 Å². The highest BCUT2D eigenvalue weighted by molar-refractivity contribution is 7.92. The summed E-state index contributed by atoms with van der Waals surface area (Å²) in [6.45, 7) is 0. The minimum atomic E-state index is -3.37. The summed E-state index contributed by atoms with van der Waals surface area (Å²) in [6, 6.07) is 18.4. The van der Waals surface area contributed by atoms with Gasteiger partial charge in [0.15, 0.2) is 11.5 Å². The lowest BCUT2D eigenvalue weighted by Gasteiger charge is -2.14. The van der Waals surface area contributed by atoms with Crippen molar-refractivity contribution in [3.63, 3.8) is 0 Å². The minimum absolute atomic E-state index is 0.131. The van der Waals surface area contributed by atoms with Gasteiger partial charge in [-0.1, -0.05) is 36.4 Å². The third kappa shape index (κ3) is 4.12. The normalized spacial score (nSPS) is 14.7. The summed E-state index contributed by atoms with van der Waals surface area (Å²) in [7, 11) is -3.37. The summed E-state index contributed by atoms with van der Waals surface area (Å²) in [5.41, 5.74) is 6.26. The van der Waals surface area contributed by atoms with Gasteiger partial charge in [0, 0.05) is 5.69 Å². The average molecular weight is 407 g/mol. The number of aryl methyl sites for hydroxylation is 2. The Labute approximate surface area is 170 Å². The Morgan fingerprint density at radius 1 is 0.862 bits per heavy atom. The zero-order chi connectivity index (χ0) is 20.6. The lowest BCUT2D eigenvalue weighted by atomic mass is 9.92.